The topological polar surface area (TPSA) is 259 Å². The first-order valence-electron chi connectivity index (χ1n) is 31.8. The van der Waals surface area contributed by atoms with E-state index in [9.17, 15) is 65.9 Å². The van der Waals surface area contributed by atoms with Crippen LogP contribution in [0.4, 0.5) is 13.2 Å². The van der Waals surface area contributed by atoms with Crippen LogP contribution in [0.3, 0.4) is 0 Å². The van der Waals surface area contributed by atoms with E-state index in [4.69, 9.17) is 11.6 Å². The standard InChI is InChI=1S/C63H95ClF3N11O11/c1-37(2)29-49-58(85)71-46-33-42-23-26-47(42)78(61(46)88)36-54(82)72(6)35-55(83)75(9)50(32-40-17-12-11-13-18-40)62(89)73(7)34-51(79)70-45(25-22-41-21-24-43(44(64)31-41)63(65,66)67)60(87)77-28-16-19-48(77)57(84)68-27-15-14-20-52(80)76(10)56(38(3)4)59(86)69-39(5)30-53(81)74(49)8/h21,24,31,37-40,42,45-50,56H,11-20,22-23,25-30,32-36H2,1-10H3,(H,68,84)(H,69,86)(H,70,79)(H,71,85)/t39-,42?,45+,46+,47?,48+,49+,50+,56+/m1/s1. The Morgan fingerprint density at radius 3 is 1.96 bits per heavy atom. The van der Waals surface area contributed by atoms with Gasteiger partial charge in [0.15, 0.2) is 0 Å². The first-order valence-corrected chi connectivity index (χ1v) is 32.2. The van der Waals surface area contributed by atoms with Crippen molar-refractivity contribution in [1.82, 2.24) is 55.6 Å². The summed E-state index contributed by atoms with van der Waals surface area (Å²) in [4.78, 5) is 165. The molecule has 496 valence electrons. The number of hydrogen-bond acceptors (Lipinski definition) is 11. The smallest absolute Gasteiger partial charge is 0.354 e. The van der Waals surface area contributed by atoms with Crippen molar-refractivity contribution < 1.29 is 65.9 Å². The number of likely N-dealkylation sites (N-methyl/N-ethyl adjacent to an activating group) is 5. The van der Waals surface area contributed by atoms with E-state index in [1.807, 2.05) is 13.8 Å². The molecule has 2 saturated carbocycles. The van der Waals surface area contributed by atoms with Crippen LogP contribution >= 0.6 is 11.6 Å². The number of nitrogens with one attached hydrogen (secondary N) is 4. The van der Waals surface area contributed by atoms with Crippen molar-refractivity contribution in [2.75, 3.05) is 68.0 Å². The lowest BCUT2D eigenvalue weighted by Gasteiger charge is -2.50. The third-order valence-electron chi connectivity index (χ3n) is 18.6. The molecular weight excluding hydrogens is 1180 g/mol. The Labute approximate surface area is 526 Å². The number of amides is 11. The number of carbonyl (C=O) groups is 11. The molecule has 26 heteroatoms. The number of nitrogens with zero attached hydrogens (tertiary/aromatic N) is 7. The molecular formula is C63H95ClF3N11O11. The molecule has 2 aliphatic carbocycles. The summed E-state index contributed by atoms with van der Waals surface area (Å²) in [6.45, 7) is 7.87. The fourth-order valence-electron chi connectivity index (χ4n) is 13.2. The molecule has 2 bridgehead atoms. The quantitative estimate of drug-likeness (QED) is 0.281. The van der Waals surface area contributed by atoms with Gasteiger partial charge in [-0.3, -0.25) is 52.7 Å². The average molecular weight is 1270 g/mol. The lowest BCUT2D eigenvalue weighted by Crippen LogP contribution is -2.65. The van der Waals surface area contributed by atoms with E-state index in [0.29, 0.717) is 37.7 Å². The number of alkyl halides is 3. The van der Waals surface area contributed by atoms with Gasteiger partial charge in [-0.2, -0.15) is 13.2 Å². The number of carbonyl (C=O) groups excluding carboxylic acids is 11. The minimum atomic E-state index is -4.72. The third kappa shape index (κ3) is 19.0. The number of rotatable bonds is 8. The van der Waals surface area contributed by atoms with E-state index in [0.717, 1.165) is 55.6 Å². The molecule has 5 aliphatic rings. The second kappa shape index (κ2) is 32.0. The van der Waals surface area contributed by atoms with Crippen LogP contribution in [-0.4, -0.2) is 216 Å². The minimum absolute atomic E-state index is 0.0249. The van der Waals surface area contributed by atoms with Crippen LogP contribution in [0.25, 0.3) is 0 Å². The molecule has 9 atom stereocenters. The van der Waals surface area contributed by atoms with E-state index >= 15 is 0 Å². The fraction of sp³-hybridized carbons (Fsp3) is 0.730. The van der Waals surface area contributed by atoms with Gasteiger partial charge in [0, 0.05) is 73.3 Å². The maximum atomic E-state index is 14.7. The summed E-state index contributed by atoms with van der Waals surface area (Å²) in [5, 5.41) is 10.8. The normalized spacial score (nSPS) is 27.9. The first kappa shape index (κ1) is 71.5. The van der Waals surface area contributed by atoms with Gasteiger partial charge in [-0.1, -0.05) is 77.5 Å². The molecule has 0 spiro atoms. The fourth-order valence-corrected chi connectivity index (χ4v) is 13.5. The summed E-state index contributed by atoms with van der Waals surface area (Å²) in [7, 11) is 7.30. The van der Waals surface area contributed by atoms with E-state index in [2.05, 4.69) is 21.3 Å². The van der Waals surface area contributed by atoms with Crippen LogP contribution in [0.2, 0.25) is 5.02 Å². The molecule has 0 radical (unpaired) electrons. The summed E-state index contributed by atoms with van der Waals surface area (Å²) in [6, 6.07) is -4.09. The van der Waals surface area contributed by atoms with Gasteiger partial charge in [-0.15, -0.1) is 0 Å². The highest BCUT2D eigenvalue weighted by molar-refractivity contribution is 6.31. The highest BCUT2D eigenvalue weighted by Gasteiger charge is 2.49. The summed E-state index contributed by atoms with van der Waals surface area (Å²) in [5.74, 6) is -6.27. The molecule has 2 unspecified atom stereocenters. The molecule has 0 aromatic heterocycles. The van der Waals surface area contributed by atoms with Crippen LogP contribution in [0.15, 0.2) is 18.2 Å². The number of aryl methyl sites for hydroxylation is 1. The maximum Gasteiger partial charge on any atom is 0.417 e. The van der Waals surface area contributed by atoms with Crippen molar-refractivity contribution in [1.29, 1.82) is 0 Å². The Balaban J connectivity index is 1.27. The molecule has 11 amide bonds. The average Bonchev–Trinajstić information content (AvgIpc) is 1.31. The molecule has 3 aliphatic heterocycles. The highest BCUT2D eigenvalue weighted by Crippen LogP contribution is 2.40. The zero-order valence-corrected chi connectivity index (χ0v) is 54.3. The Morgan fingerprint density at radius 2 is 1.33 bits per heavy atom. The molecule has 89 heavy (non-hydrogen) atoms. The number of hydrogen-bond donors (Lipinski definition) is 4. The van der Waals surface area contributed by atoms with E-state index < -0.39 is 138 Å². The zero-order valence-electron chi connectivity index (χ0n) is 53.6. The molecule has 1 aromatic carbocycles. The number of piperidine rings is 1. The summed E-state index contributed by atoms with van der Waals surface area (Å²) >= 11 is 6.07. The second-order valence-corrected chi connectivity index (χ2v) is 26.6. The van der Waals surface area contributed by atoms with Crippen molar-refractivity contribution in [3.8, 4) is 0 Å². The maximum absolute atomic E-state index is 14.7. The minimum Gasteiger partial charge on any atom is -0.354 e. The summed E-state index contributed by atoms with van der Waals surface area (Å²) in [5.41, 5.74) is -0.710. The van der Waals surface area contributed by atoms with Crippen molar-refractivity contribution in [2.24, 2.45) is 23.7 Å². The van der Waals surface area contributed by atoms with Gasteiger partial charge in [0.05, 0.1) is 23.7 Å². The Hall–Kier alpha value is -6.53. The van der Waals surface area contributed by atoms with Crippen molar-refractivity contribution in [2.45, 2.75) is 205 Å². The van der Waals surface area contributed by atoms with Gasteiger partial charge in [-0.05, 0) is 119 Å². The Bertz CT molecular complexity index is 2750. The van der Waals surface area contributed by atoms with Crippen LogP contribution in [0, 0.1) is 23.7 Å². The molecule has 22 nitrogen and oxygen atoms in total. The first-order chi connectivity index (χ1) is 41.9. The molecule has 6 rings (SSSR count). The van der Waals surface area contributed by atoms with Crippen molar-refractivity contribution in [3.05, 3.63) is 34.3 Å². The van der Waals surface area contributed by atoms with Gasteiger partial charge in [-0.25, -0.2) is 0 Å². The van der Waals surface area contributed by atoms with Crippen molar-refractivity contribution >= 4 is 76.6 Å². The van der Waals surface area contributed by atoms with E-state index in [1.54, 1.807) is 20.8 Å². The van der Waals surface area contributed by atoms with E-state index in [-0.39, 0.29) is 93.7 Å². The summed E-state index contributed by atoms with van der Waals surface area (Å²) < 4.78 is 41.0. The van der Waals surface area contributed by atoms with Gasteiger partial charge >= 0.3 is 6.18 Å². The van der Waals surface area contributed by atoms with Gasteiger partial charge in [0.1, 0.15) is 42.8 Å². The van der Waals surface area contributed by atoms with Crippen LogP contribution < -0.4 is 21.3 Å². The SMILES string of the molecule is CC(C)C[C@H]1C(=O)N[C@H]2CC3CCC3N(CC(=O)N(C)CC(=O)N(C)[C@@H](CC3CCCCC3)C(=O)N(C)CC(=O)N[C@@H](CCc3ccc(C(F)(F)F)c(Cl)c3)C(=O)N3CCC[C@H]3C(=O)NCCCCC(=O)N(C)[C@@H](C(C)C)C(=O)N[C@H](C)CC(=O)N1C)C2=O. The third-order valence-corrected chi connectivity index (χ3v) is 18.9. The molecule has 3 saturated heterocycles. The van der Waals surface area contributed by atoms with Gasteiger partial charge < -0.3 is 55.6 Å². The number of fused-ring (bicyclic) bond motifs is 5. The largest absolute Gasteiger partial charge is 0.417 e. The highest BCUT2D eigenvalue weighted by atomic mass is 35.5. The van der Waals surface area contributed by atoms with Crippen LogP contribution in [-0.2, 0) is 65.3 Å². The van der Waals surface area contributed by atoms with Crippen LogP contribution in [0.5, 0.6) is 0 Å². The number of halogens is 4. The van der Waals surface area contributed by atoms with Gasteiger partial charge in [0.2, 0.25) is 65.0 Å². The predicted octanol–water partition coefficient (Wildman–Crippen LogP) is 4.53. The van der Waals surface area contributed by atoms with E-state index in [1.165, 1.54) is 70.7 Å². The summed E-state index contributed by atoms with van der Waals surface area (Å²) in [6.07, 6.45) is 3.02. The molecule has 1 aromatic rings. The number of benzene rings is 1. The lowest BCUT2D eigenvalue weighted by atomic mass is 9.71. The molecule has 4 N–H and O–H groups in total. The van der Waals surface area contributed by atoms with Gasteiger partial charge in [0.25, 0.3) is 0 Å². The monoisotopic (exact) mass is 1270 g/mol. The second-order valence-electron chi connectivity index (χ2n) is 26.2. The van der Waals surface area contributed by atoms with Crippen LogP contribution in [0.1, 0.15) is 155 Å². The van der Waals surface area contributed by atoms with Crippen molar-refractivity contribution in [3.63, 3.8) is 0 Å². The Kier molecular flexibility index (Phi) is 25.7. The lowest BCUT2D eigenvalue weighted by molar-refractivity contribution is -0.155. The molecule has 5 fully saturated rings. The Morgan fingerprint density at radius 1 is 0.640 bits per heavy atom. The predicted molar refractivity (Wildman–Crippen MR) is 326 cm³/mol. The molecule has 3 heterocycles. The zero-order chi connectivity index (χ0) is 65.8.